The standard InChI is InChI=1S/C43H39F6N5O4/c1-8-26-19(3)29-15-31-21(5)28(10-11-35(55)58-7)38(52-31)37-39-36(22(6)32(53-39)17-34-27(9-2)20(4)30(51-34)16-33(26)50-29)40(56)54(41(37)57)18-23-12-24(42(44,45)46)14-25(13-23)43(47,48)49/h8,12-17,21,28,52-53H,1,9-11,18H2,2-7H3/t21-,28-/m0/s1. The number of alkyl halides is 6. The van der Waals surface area contributed by atoms with Crippen molar-refractivity contribution in [2.45, 2.75) is 84.6 Å². The van der Waals surface area contributed by atoms with Crippen LogP contribution in [0.4, 0.5) is 26.3 Å². The number of carbonyl (C=O) groups excluding carboxylic acids is 3. The number of aryl methyl sites for hydroxylation is 1. The smallest absolute Gasteiger partial charge is 0.416 e. The van der Waals surface area contributed by atoms with Gasteiger partial charge in [-0.3, -0.25) is 19.3 Å². The zero-order valence-corrected chi connectivity index (χ0v) is 32.5. The molecular weight excluding hydrogens is 764 g/mol. The lowest BCUT2D eigenvalue weighted by molar-refractivity contribution is -0.143. The lowest BCUT2D eigenvalue weighted by Gasteiger charge is -2.28. The van der Waals surface area contributed by atoms with E-state index in [-0.39, 0.29) is 41.5 Å². The van der Waals surface area contributed by atoms with E-state index in [1.54, 1.807) is 19.1 Å². The topological polar surface area (TPSA) is 121 Å². The first-order chi connectivity index (χ1) is 27.3. The Kier molecular flexibility index (Phi) is 10.0. The number of imide groups is 1. The number of rotatable bonds is 7. The van der Waals surface area contributed by atoms with Crippen LogP contribution in [0, 0.1) is 6.92 Å². The van der Waals surface area contributed by atoms with Gasteiger partial charge >= 0.3 is 18.3 Å². The first-order valence-electron chi connectivity index (χ1n) is 18.6. The Balaban J connectivity index is 1.57. The van der Waals surface area contributed by atoms with Crippen LogP contribution in [0.1, 0.15) is 136 Å². The van der Waals surface area contributed by atoms with E-state index in [1.807, 2.05) is 39.8 Å². The number of nitrogens with one attached hydrogen (secondary N) is 2. The second-order valence-corrected chi connectivity index (χ2v) is 14.8. The number of esters is 1. The molecule has 2 N–H and O–H groups in total. The number of aromatic nitrogens is 4. The largest absolute Gasteiger partial charge is 0.469 e. The van der Waals surface area contributed by atoms with Gasteiger partial charge in [-0.05, 0) is 97.9 Å². The second-order valence-electron chi connectivity index (χ2n) is 14.8. The quantitative estimate of drug-likeness (QED) is 0.139. The van der Waals surface area contributed by atoms with Gasteiger partial charge < -0.3 is 14.7 Å². The van der Waals surface area contributed by atoms with E-state index in [0.717, 1.165) is 22.3 Å². The molecule has 2 amide bonds. The molecule has 15 heteroatoms. The molecule has 0 fully saturated rings. The van der Waals surface area contributed by atoms with Crippen LogP contribution in [0.5, 0.6) is 0 Å². The first-order valence-corrected chi connectivity index (χ1v) is 18.6. The molecule has 0 radical (unpaired) electrons. The highest BCUT2D eigenvalue weighted by Crippen LogP contribution is 2.45. The molecule has 4 aliphatic heterocycles. The first kappa shape index (κ1) is 40.2. The van der Waals surface area contributed by atoms with E-state index >= 15 is 0 Å². The zero-order valence-electron chi connectivity index (χ0n) is 32.5. The zero-order chi connectivity index (χ0) is 42.2. The minimum atomic E-state index is -5.15. The molecule has 0 aliphatic carbocycles. The number of ether oxygens (including phenoxy) is 1. The number of aromatic amines is 2. The van der Waals surface area contributed by atoms with Gasteiger partial charge in [0.25, 0.3) is 11.8 Å². The summed E-state index contributed by atoms with van der Waals surface area (Å²) in [6.45, 7) is 12.5. The summed E-state index contributed by atoms with van der Waals surface area (Å²) in [4.78, 5) is 59.1. The third-order valence-corrected chi connectivity index (χ3v) is 11.4. The van der Waals surface area contributed by atoms with E-state index in [9.17, 15) is 40.7 Å². The minimum absolute atomic E-state index is 0.00864. The van der Waals surface area contributed by atoms with Crippen LogP contribution in [0.15, 0.2) is 49.1 Å². The van der Waals surface area contributed by atoms with Gasteiger partial charge in [0, 0.05) is 40.7 Å². The number of nitrogens with zero attached hydrogens (tertiary/aromatic N) is 3. The minimum Gasteiger partial charge on any atom is -0.469 e. The van der Waals surface area contributed by atoms with Crippen LogP contribution in [0.3, 0.4) is 0 Å². The Morgan fingerprint density at radius 2 is 1.48 bits per heavy atom. The van der Waals surface area contributed by atoms with Crippen molar-refractivity contribution in [2.75, 3.05) is 7.11 Å². The summed E-state index contributed by atoms with van der Waals surface area (Å²) in [6, 6.07) is 6.48. The number of H-pyrrole nitrogens is 2. The van der Waals surface area contributed by atoms with Crippen LogP contribution in [0.2, 0.25) is 0 Å². The number of benzene rings is 1. The fraction of sp³-hybridized carbons (Fsp3) is 0.326. The van der Waals surface area contributed by atoms with Crippen LogP contribution >= 0.6 is 0 Å². The molecule has 2 aromatic heterocycles. The lowest BCUT2D eigenvalue weighted by Crippen LogP contribution is -2.40. The monoisotopic (exact) mass is 803 g/mol. The van der Waals surface area contributed by atoms with Crippen molar-refractivity contribution < 1.29 is 45.5 Å². The van der Waals surface area contributed by atoms with Crippen LogP contribution in [-0.4, -0.2) is 49.7 Å². The number of carbonyl (C=O) groups is 3. The van der Waals surface area contributed by atoms with Crippen molar-refractivity contribution in [1.29, 1.82) is 0 Å². The number of fused-ring (bicyclic) bond motifs is 8. The van der Waals surface area contributed by atoms with Crippen LogP contribution in [0.25, 0.3) is 33.3 Å². The highest BCUT2D eigenvalue weighted by molar-refractivity contribution is 6.23. The molecule has 302 valence electrons. The third kappa shape index (κ3) is 6.79. The molecule has 9 nitrogen and oxygen atoms in total. The second kappa shape index (κ2) is 14.4. The van der Waals surface area contributed by atoms with Gasteiger partial charge in [0.05, 0.1) is 64.2 Å². The summed E-state index contributed by atoms with van der Waals surface area (Å²) >= 11 is 0. The summed E-state index contributed by atoms with van der Waals surface area (Å²) in [5, 5.41) is 0. The molecule has 3 aromatic rings. The van der Waals surface area contributed by atoms with Gasteiger partial charge in [0.15, 0.2) is 0 Å². The van der Waals surface area contributed by atoms with Crippen molar-refractivity contribution in [1.82, 2.24) is 24.8 Å². The van der Waals surface area contributed by atoms with Gasteiger partial charge in [-0.2, -0.15) is 26.3 Å². The molecule has 8 bridgehead atoms. The Hall–Kier alpha value is -5.99. The van der Waals surface area contributed by atoms with Crippen molar-refractivity contribution >= 4 is 51.1 Å². The van der Waals surface area contributed by atoms with Gasteiger partial charge in [-0.1, -0.05) is 26.5 Å². The fourth-order valence-corrected chi connectivity index (χ4v) is 8.24. The molecule has 0 saturated heterocycles. The molecule has 7 rings (SSSR count). The van der Waals surface area contributed by atoms with E-state index in [1.165, 1.54) is 7.11 Å². The summed E-state index contributed by atoms with van der Waals surface area (Å²) in [6.07, 6.45) is -7.87. The van der Waals surface area contributed by atoms with E-state index in [0.29, 0.717) is 68.7 Å². The summed E-state index contributed by atoms with van der Waals surface area (Å²) in [5.74, 6) is -3.33. The normalized spacial score (nSPS) is 17.6. The van der Waals surface area contributed by atoms with E-state index in [2.05, 4.69) is 16.5 Å². The van der Waals surface area contributed by atoms with E-state index < -0.39 is 59.3 Å². The Bertz CT molecular complexity index is 2560. The Morgan fingerprint density at radius 1 is 0.862 bits per heavy atom. The van der Waals surface area contributed by atoms with Crippen molar-refractivity contribution in [3.8, 4) is 0 Å². The lowest BCUT2D eigenvalue weighted by atomic mass is 9.84. The highest BCUT2D eigenvalue weighted by Gasteiger charge is 2.42. The molecular formula is C43H39F6N5O4. The molecule has 2 atom stereocenters. The molecule has 0 spiro atoms. The van der Waals surface area contributed by atoms with Crippen LogP contribution in [-0.2, 0) is 28.4 Å². The van der Waals surface area contributed by atoms with Crippen molar-refractivity contribution in [3.05, 3.63) is 117 Å². The number of methoxy groups -OCH3 is 1. The predicted octanol–water partition coefficient (Wildman–Crippen LogP) is 10.5. The molecule has 4 aliphatic rings. The highest BCUT2D eigenvalue weighted by atomic mass is 19.4. The fourth-order valence-electron chi connectivity index (χ4n) is 8.24. The van der Waals surface area contributed by atoms with Gasteiger partial charge in [0.1, 0.15) is 0 Å². The van der Waals surface area contributed by atoms with Crippen LogP contribution < -0.4 is 0 Å². The van der Waals surface area contributed by atoms with E-state index in [4.69, 9.17) is 14.7 Å². The third-order valence-electron chi connectivity index (χ3n) is 11.4. The SMILES string of the molecule is C=CC1=C(C)c2cc3[nH]c(c4c5[nH]c(cc6nc(cc1n2)C(C)=C6CC)c(C)c5C(=O)N(Cc1cc(C(F)(F)F)cc(C(F)(F)F)c1)C4=O)[C@@H](CCC(=O)OC)[C@@H]3C. The maximum Gasteiger partial charge on any atom is 0.416 e. The molecule has 0 saturated carbocycles. The Labute approximate surface area is 329 Å². The number of allylic oxidation sites excluding steroid dienone is 5. The summed E-state index contributed by atoms with van der Waals surface area (Å²) in [5.41, 5.74) is 4.03. The average molecular weight is 804 g/mol. The van der Waals surface area contributed by atoms with Crippen molar-refractivity contribution in [3.63, 3.8) is 0 Å². The molecule has 6 heterocycles. The predicted molar refractivity (Wildman–Crippen MR) is 206 cm³/mol. The Morgan fingerprint density at radius 3 is 2.09 bits per heavy atom. The number of hydrogen-bond acceptors (Lipinski definition) is 6. The molecule has 58 heavy (non-hydrogen) atoms. The average Bonchev–Trinajstić information content (AvgIpc) is 3.84. The van der Waals surface area contributed by atoms with Crippen molar-refractivity contribution in [2.24, 2.45) is 0 Å². The number of halogens is 6. The summed E-state index contributed by atoms with van der Waals surface area (Å²) < 4.78 is 88.5. The number of hydrogen-bond donors (Lipinski definition) is 2. The van der Waals surface area contributed by atoms with Gasteiger partial charge in [-0.15, -0.1) is 0 Å². The molecule has 0 unspecified atom stereocenters. The van der Waals surface area contributed by atoms with Gasteiger partial charge in [-0.25, -0.2) is 9.97 Å². The maximum atomic E-state index is 14.9. The molecule has 1 aromatic carbocycles. The summed E-state index contributed by atoms with van der Waals surface area (Å²) in [7, 11) is 1.25. The number of amides is 2. The maximum absolute atomic E-state index is 14.9. The van der Waals surface area contributed by atoms with Gasteiger partial charge in [0.2, 0.25) is 0 Å².